The maximum absolute atomic E-state index is 11.9. The minimum Gasteiger partial charge on any atom is -0.330 e. The highest BCUT2D eigenvalue weighted by atomic mass is 35.5. The van der Waals surface area contributed by atoms with Gasteiger partial charge >= 0.3 is 6.03 Å². The van der Waals surface area contributed by atoms with E-state index in [0.29, 0.717) is 22.3 Å². The Morgan fingerprint density at radius 1 is 1.22 bits per heavy atom. The predicted molar refractivity (Wildman–Crippen MR) is 87.6 cm³/mol. The third-order valence-corrected chi connectivity index (χ3v) is 3.42. The molecule has 3 rings (SSSR count). The summed E-state index contributed by atoms with van der Waals surface area (Å²) in [5.41, 5.74) is 2.47. The van der Waals surface area contributed by atoms with Crippen molar-refractivity contribution in [3.05, 3.63) is 52.6 Å². The number of halogens is 1. The van der Waals surface area contributed by atoms with Crippen molar-refractivity contribution in [2.45, 2.75) is 20.4 Å². The van der Waals surface area contributed by atoms with Crippen molar-refractivity contribution in [1.82, 2.24) is 24.9 Å². The second kappa shape index (κ2) is 6.21. The van der Waals surface area contributed by atoms with E-state index in [-0.39, 0.29) is 12.6 Å². The second-order valence-corrected chi connectivity index (χ2v) is 5.53. The fourth-order valence-electron chi connectivity index (χ4n) is 2.15. The van der Waals surface area contributed by atoms with Gasteiger partial charge in [0.1, 0.15) is 0 Å². The molecule has 2 aromatic heterocycles. The Morgan fingerprint density at radius 2 is 1.96 bits per heavy atom. The molecule has 7 nitrogen and oxygen atoms in total. The lowest BCUT2D eigenvalue weighted by atomic mass is 10.3. The van der Waals surface area contributed by atoms with E-state index in [1.807, 2.05) is 19.9 Å². The number of aryl methyl sites for hydroxylation is 2. The Balaban J connectivity index is 1.64. The van der Waals surface area contributed by atoms with Gasteiger partial charge in [-0.1, -0.05) is 11.6 Å². The number of nitrogens with one attached hydrogen (secondary N) is 2. The third-order valence-electron chi connectivity index (χ3n) is 3.17. The zero-order valence-corrected chi connectivity index (χ0v) is 13.4. The first-order chi connectivity index (χ1) is 11.0. The lowest BCUT2D eigenvalue weighted by molar-refractivity contribution is 0.251. The summed E-state index contributed by atoms with van der Waals surface area (Å²) in [6.07, 6.45) is 0. The van der Waals surface area contributed by atoms with Gasteiger partial charge < -0.3 is 10.6 Å². The van der Waals surface area contributed by atoms with Crippen LogP contribution in [0.1, 0.15) is 17.2 Å². The summed E-state index contributed by atoms with van der Waals surface area (Å²) in [5.74, 6) is 1.02. The van der Waals surface area contributed by atoms with Gasteiger partial charge in [0, 0.05) is 22.1 Å². The van der Waals surface area contributed by atoms with E-state index in [9.17, 15) is 4.79 Å². The molecular weight excluding hydrogens is 316 g/mol. The molecule has 0 aliphatic carbocycles. The lowest BCUT2D eigenvalue weighted by Gasteiger charge is -2.05. The minimum absolute atomic E-state index is 0.210. The maximum Gasteiger partial charge on any atom is 0.319 e. The standard InChI is InChI=1S/C15H15ClN6O/c1-9-7-10(2)22-14(18-9)20-13(21-22)8-17-15(23)19-12-5-3-11(16)4-6-12/h3-7H,8H2,1-2H3,(H2,17,19,23). The van der Waals surface area contributed by atoms with E-state index in [1.54, 1.807) is 28.8 Å². The molecule has 2 amide bonds. The van der Waals surface area contributed by atoms with Gasteiger partial charge in [0.15, 0.2) is 5.82 Å². The van der Waals surface area contributed by atoms with Gasteiger partial charge in [0.25, 0.3) is 5.78 Å². The molecule has 0 bridgehead atoms. The Bertz CT molecular complexity index is 858. The molecule has 3 aromatic rings. The second-order valence-electron chi connectivity index (χ2n) is 5.09. The topological polar surface area (TPSA) is 84.2 Å². The van der Waals surface area contributed by atoms with Crippen LogP contribution in [0, 0.1) is 13.8 Å². The van der Waals surface area contributed by atoms with Crippen LogP contribution in [0.2, 0.25) is 5.02 Å². The van der Waals surface area contributed by atoms with Crippen LogP contribution >= 0.6 is 11.6 Å². The van der Waals surface area contributed by atoms with E-state index in [0.717, 1.165) is 11.4 Å². The smallest absolute Gasteiger partial charge is 0.319 e. The molecule has 23 heavy (non-hydrogen) atoms. The van der Waals surface area contributed by atoms with Crippen molar-refractivity contribution < 1.29 is 4.79 Å². The molecule has 0 radical (unpaired) electrons. The van der Waals surface area contributed by atoms with Crippen molar-refractivity contribution in [1.29, 1.82) is 0 Å². The van der Waals surface area contributed by atoms with E-state index in [1.165, 1.54) is 0 Å². The predicted octanol–water partition coefficient (Wildman–Crippen LogP) is 2.72. The zero-order valence-electron chi connectivity index (χ0n) is 12.7. The molecule has 0 unspecified atom stereocenters. The number of benzene rings is 1. The van der Waals surface area contributed by atoms with E-state index in [4.69, 9.17) is 11.6 Å². The van der Waals surface area contributed by atoms with Gasteiger partial charge in [0.05, 0.1) is 6.54 Å². The summed E-state index contributed by atoms with van der Waals surface area (Å²) < 4.78 is 1.65. The number of fused-ring (bicyclic) bond motifs is 1. The lowest BCUT2D eigenvalue weighted by Crippen LogP contribution is -2.28. The highest BCUT2D eigenvalue weighted by Crippen LogP contribution is 2.13. The Labute approximate surface area is 137 Å². The third kappa shape index (κ3) is 3.57. The molecule has 0 saturated carbocycles. The highest BCUT2D eigenvalue weighted by molar-refractivity contribution is 6.30. The first kappa shape index (κ1) is 15.2. The largest absolute Gasteiger partial charge is 0.330 e. The Hall–Kier alpha value is -2.67. The summed E-state index contributed by atoms with van der Waals surface area (Å²) in [5, 5.41) is 10.4. The average molecular weight is 331 g/mol. The minimum atomic E-state index is -0.341. The first-order valence-electron chi connectivity index (χ1n) is 7.01. The number of anilines is 1. The molecule has 0 spiro atoms. The number of urea groups is 1. The number of carbonyl (C=O) groups excluding carboxylic acids is 1. The Morgan fingerprint density at radius 3 is 2.70 bits per heavy atom. The maximum atomic E-state index is 11.9. The van der Waals surface area contributed by atoms with Gasteiger partial charge in [-0.15, -0.1) is 5.10 Å². The molecule has 2 heterocycles. The fourth-order valence-corrected chi connectivity index (χ4v) is 2.28. The molecule has 0 fully saturated rings. The van der Waals surface area contributed by atoms with Crippen LogP contribution < -0.4 is 10.6 Å². The monoisotopic (exact) mass is 330 g/mol. The average Bonchev–Trinajstić information content (AvgIpc) is 2.91. The molecule has 0 saturated heterocycles. The summed E-state index contributed by atoms with van der Waals surface area (Å²) in [6, 6.07) is 8.44. The normalized spacial score (nSPS) is 10.7. The Kier molecular flexibility index (Phi) is 4.12. The van der Waals surface area contributed by atoms with Crippen molar-refractivity contribution in [2.24, 2.45) is 0 Å². The van der Waals surface area contributed by atoms with Gasteiger partial charge in [-0.2, -0.15) is 4.98 Å². The summed E-state index contributed by atoms with van der Waals surface area (Å²) in [4.78, 5) is 20.5. The van der Waals surface area contributed by atoms with Crippen LogP contribution in [-0.4, -0.2) is 25.6 Å². The number of amides is 2. The van der Waals surface area contributed by atoms with Gasteiger partial charge in [-0.25, -0.2) is 14.3 Å². The van der Waals surface area contributed by atoms with Crippen molar-refractivity contribution >= 4 is 29.1 Å². The first-order valence-corrected chi connectivity index (χ1v) is 7.39. The van der Waals surface area contributed by atoms with Crippen LogP contribution in [0.3, 0.4) is 0 Å². The van der Waals surface area contributed by atoms with Crippen molar-refractivity contribution in [2.75, 3.05) is 5.32 Å². The number of rotatable bonds is 3. The molecule has 1 aromatic carbocycles. The SMILES string of the molecule is Cc1cc(C)n2nc(CNC(=O)Nc3ccc(Cl)cc3)nc2n1. The molecule has 0 atom stereocenters. The van der Waals surface area contributed by atoms with Crippen LogP contribution in [0.15, 0.2) is 30.3 Å². The number of nitrogens with zero attached hydrogens (tertiary/aromatic N) is 4. The highest BCUT2D eigenvalue weighted by Gasteiger charge is 2.09. The number of hydrogen-bond donors (Lipinski definition) is 2. The van der Waals surface area contributed by atoms with Crippen molar-refractivity contribution in [3.63, 3.8) is 0 Å². The molecule has 8 heteroatoms. The molecule has 0 aliphatic rings. The van der Waals surface area contributed by atoms with E-state index in [2.05, 4.69) is 25.7 Å². The number of hydrogen-bond acceptors (Lipinski definition) is 4. The van der Waals surface area contributed by atoms with Crippen molar-refractivity contribution in [3.8, 4) is 0 Å². The van der Waals surface area contributed by atoms with Crippen LogP contribution in [0.5, 0.6) is 0 Å². The fraction of sp³-hybridized carbons (Fsp3) is 0.200. The van der Waals surface area contributed by atoms with Gasteiger partial charge in [0.2, 0.25) is 0 Å². The molecule has 118 valence electrons. The molecular formula is C15H15ClN6O. The number of carbonyl (C=O) groups is 1. The van der Waals surface area contributed by atoms with E-state index >= 15 is 0 Å². The molecule has 2 N–H and O–H groups in total. The zero-order chi connectivity index (χ0) is 16.4. The summed E-state index contributed by atoms with van der Waals surface area (Å²) in [6.45, 7) is 4.04. The van der Waals surface area contributed by atoms with Gasteiger partial charge in [-0.05, 0) is 44.2 Å². The van der Waals surface area contributed by atoms with E-state index < -0.39 is 0 Å². The quantitative estimate of drug-likeness (QED) is 0.773. The molecule has 0 aliphatic heterocycles. The van der Waals surface area contributed by atoms with Gasteiger partial charge in [-0.3, -0.25) is 0 Å². The summed E-state index contributed by atoms with van der Waals surface area (Å²) >= 11 is 5.80. The summed E-state index contributed by atoms with van der Waals surface area (Å²) in [7, 11) is 0. The van der Waals surface area contributed by atoms with Crippen LogP contribution in [0.4, 0.5) is 10.5 Å². The number of aromatic nitrogens is 4. The van der Waals surface area contributed by atoms with Crippen LogP contribution in [-0.2, 0) is 6.54 Å². The van der Waals surface area contributed by atoms with Crippen LogP contribution in [0.25, 0.3) is 5.78 Å².